The van der Waals surface area contributed by atoms with Crippen molar-refractivity contribution in [2.75, 3.05) is 4.81 Å². The molecule has 0 amide bonds. The quantitative estimate of drug-likeness (QED) is 0.262. The highest BCUT2D eigenvalue weighted by Gasteiger charge is 2.50. The molecule has 156 valence electrons. The van der Waals surface area contributed by atoms with Crippen molar-refractivity contribution in [3.8, 4) is 33.6 Å². The second kappa shape index (κ2) is 6.73. The van der Waals surface area contributed by atoms with E-state index in [1.807, 2.05) is 0 Å². The van der Waals surface area contributed by atoms with E-state index in [0.29, 0.717) is 0 Å². The van der Waals surface area contributed by atoms with Crippen LogP contribution in [0, 0.1) is 6.92 Å². The maximum absolute atomic E-state index is 2.54. The average molecular weight is 424 g/mol. The molecule has 33 heavy (non-hydrogen) atoms. The summed E-state index contributed by atoms with van der Waals surface area (Å²) in [7, 11) is 2.15. The van der Waals surface area contributed by atoms with Gasteiger partial charge >= 0.3 is 6.98 Å². The molecule has 0 atom stereocenters. The molecule has 0 saturated carbocycles. The van der Waals surface area contributed by atoms with Gasteiger partial charge in [-0.1, -0.05) is 78.9 Å². The van der Waals surface area contributed by atoms with Gasteiger partial charge < -0.3 is 4.81 Å². The molecule has 0 radical (unpaired) electrons. The number of aryl methyl sites for hydroxylation is 2. The minimum Gasteiger partial charge on any atom is -0.338 e. The zero-order valence-corrected chi connectivity index (χ0v) is 18.7. The van der Waals surface area contributed by atoms with Gasteiger partial charge in [0.05, 0.1) is 12.6 Å². The van der Waals surface area contributed by atoms with E-state index in [1.54, 1.807) is 0 Å². The summed E-state index contributed by atoms with van der Waals surface area (Å²) in [6.45, 7) is 2.26. The Morgan fingerprint density at radius 2 is 1.39 bits per heavy atom. The molecule has 0 N–H and O–H groups in total. The van der Waals surface area contributed by atoms with Crippen LogP contribution in [0.3, 0.4) is 0 Å². The third-order valence-electron chi connectivity index (χ3n) is 7.17. The lowest BCUT2D eigenvalue weighted by atomic mass is 9.56. The smallest absolute Gasteiger partial charge is 0.338 e. The van der Waals surface area contributed by atoms with Crippen LogP contribution in [0.1, 0.15) is 5.56 Å². The molecule has 3 nitrogen and oxygen atoms in total. The van der Waals surface area contributed by atoms with Crippen LogP contribution in [-0.2, 0) is 7.05 Å². The topological polar surface area (TPSA) is 12.0 Å². The molecule has 4 heteroatoms. The molecule has 3 heterocycles. The Hall–Kier alpha value is -4.05. The van der Waals surface area contributed by atoms with Crippen molar-refractivity contribution in [3.63, 3.8) is 0 Å². The molecular formula is C29H23BN3+. The molecule has 0 bridgehead atoms. The first-order valence-electron chi connectivity index (χ1n) is 11.5. The second-order valence-electron chi connectivity index (χ2n) is 9.00. The van der Waals surface area contributed by atoms with E-state index < -0.39 is 0 Å². The summed E-state index contributed by atoms with van der Waals surface area (Å²) >= 11 is 0. The third-order valence-corrected chi connectivity index (χ3v) is 7.17. The number of anilines is 2. The molecule has 1 aromatic heterocycles. The number of hydrogen-bond donors (Lipinski definition) is 0. The van der Waals surface area contributed by atoms with Crippen LogP contribution in [0.4, 0.5) is 11.4 Å². The number of benzene rings is 4. The van der Waals surface area contributed by atoms with Gasteiger partial charge in [0.15, 0.2) is 0 Å². The van der Waals surface area contributed by atoms with E-state index in [9.17, 15) is 0 Å². The van der Waals surface area contributed by atoms with Crippen molar-refractivity contribution in [2.24, 2.45) is 7.05 Å². The Balaban J connectivity index is 1.64. The highest BCUT2D eigenvalue weighted by atomic mass is 15.2. The second-order valence-corrected chi connectivity index (χ2v) is 9.00. The largest absolute Gasteiger partial charge is 0.543 e. The fourth-order valence-electron chi connectivity index (χ4n) is 5.79. The zero-order valence-electron chi connectivity index (χ0n) is 18.7. The Kier molecular flexibility index (Phi) is 3.77. The molecule has 7 rings (SSSR count). The minimum atomic E-state index is 0.0387. The number of hydrogen-bond acceptors (Lipinski definition) is 1. The molecule has 0 aliphatic carbocycles. The van der Waals surface area contributed by atoms with E-state index in [1.165, 1.54) is 56.0 Å². The van der Waals surface area contributed by atoms with Gasteiger partial charge in [-0.2, -0.15) is 0 Å². The maximum Gasteiger partial charge on any atom is 0.543 e. The number of para-hydroxylation sites is 1. The van der Waals surface area contributed by atoms with Gasteiger partial charge in [0, 0.05) is 22.4 Å². The SMILES string of the molecule is Cc1cccc2c1-c1n(cc[n+]1C)B1c3c(-c4ccccc4)cccc3-c3ccccc3N12. The van der Waals surface area contributed by atoms with E-state index in [-0.39, 0.29) is 6.98 Å². The van der Waals surface area contributed by atoms with Crippen LogP contribution in [-0.4, -0.2) is 11.5 Å². The summed E-state index contributed by atoms with van der Waals surface area (Å²) in [5.41, 5.74) is 11.6. The van der Waals surface area contributed by atoms with Gasteiger partial charge in [0.1, 0.15) is 12.4 Å². The summed E-state index contributed by atoms with van der Waals surface area (Å²) in [4.78, 5) is 2.54. The van der Waals surface area contributed by atoms with E-state index in [4.69, 9.17) is 0 Å². The predicted octanol–water partition coefficient (Wildman–Crippen LogP) is 5.33. The summed E-state index contributed by atoms with van der Waals surface area (Å²) in [5.74, 6) is 1.25. The van der Waals surface area contributed by atoms with Crippen molar-refractivity contribution in [2.45, 2.75) is 6.92 Å². The average Bonchev–Trinajstić information content (AvgIpc) is 3.25. The van der Waals surface area contributed by atoms with Gasteiger partial charge in [-0.15, -0.1) is 0 Å². The molecule has 4 aromatic carbocycles. The van der Waals surface area contributed by atoms with Crippen molar-refractivity contribution >= 4 is 23.8 Å². The Morgan fingerprint density at radius 3 is 2.27 bits per heavy atom. The van der Waals surface area contributed by atoms with Crippen LogP contribution in [0.15, 0.2) is 103 Å². The summed E-state index contributed by atoms with van der Waals surface area (Å²) in [5, 5.41) is 0. The zero-order chi connectivity index (χ0) is 22.1. The Bertz CT molecular complexity index is 1540. The number of aromatic nitrogens is 2. The van der Waals surface area contributed by atoms with Gasteiger partial charge in [-0.3, -0.25) is 4.48 Å². The first kappa shape index (κ1) is 18.5. The van der Waals surface area contributed by atoms with Crippen LogP contribution in [0.2, 0.25) is 0 Å². The lowest BCUT2D eigenvalue weighted by molar-refractivity contribution is -0.659. The normalized spacial score (nSPS) is 13.0. The monoisotopic (exact) mass is 424 g/mol. The molecule has 0 spiro atoms. The number of nitrogens with zero attached hydrogens (tertiary/aromatic N) is 3. The molecular weight excluding hydrogens is 401 g/mol. The van der Waals surface area contributed by atoms with Crippen molar-refractivity contribution in [1.29, 1.82) is 0 Å². The molecule has 2 aliphatic rings. The number of imidazole rings is 1. The highest BCUT2D eigenvalue weighted by molar-refractivity contribution is 6.81. The molecule has 0 saturated heterocycles. The fraction of sp³-hybridized carbons (Fsp3) is 0.0690. The summed E-state index contributed by atoms with van der Waals surface area (Å²) in [6.07, 6.45) is 4.42. The molecule has 5 aromatic rings. The minimum absolute atomic E-state index is 0.0387. The van der Waals surface area contributed by atoms with Crippen molar-refractivity contribution in [3.05, 3.63) is 109 Å². The standard InChI is InChI=1S/C29H23BN3/c1-20-10-8-17-26-27(20)29-31(2)18-19-32(29)30-28-22(21-11-4-3-5-12-21)14-9-15-24(28)23-13-6-7-16-25(23)33(26)30/h3-19H,1-2H3/q+1. The maximum atomic E-state index is 2.54. The van der Waals surface area contributed by atoms with Gasteiger partial charge in [-0.05, 0) is 41.3 Å². The van der Waals surface area contributed by atoms with Crippen molar-refractivity contribution < 1.29 is 4.57 Å². The Labute approximate surface area is 194 Å². The van der Waals surface area contributed by atoms with Crippen LogP contribution < -0.4 is 14.8 Å². The lowest BCUT2D eigenvalue weighted by Crippen LogP contribution is -2.58. The molecule has 0 unspecified atom stereocenters. The van der Waals surface area contributed by atoms with Gasteiger partial charge in [-0.25, -0.2) is 4.57 Å². The third kappa shape index (κ3) is 2.43. The highest BCUT2D eigenvalue weighted by Crippen LogP contribution is 2.47. The number of rotatable bonds is 1. The van der Waals surface area contributed by atoms with Gasteiger partial charge in [0.2, 0.25) is 0 Å². The first-order chi connectivity index (χ1) is 16.2. The van der Waals surface area contributed by atoms with Gasteiger partial charge in [0.25, 0.3) is 5.82 Å². The lowest BCUT2D eigenvalue weighted by Gasteiger charge is -2.40. The Morgan fingerprint density at radius 1 is 0.697 bits per heavy atom. The van der Waals surface area contributed by atoms with E-state index >= 15 is 0 Å². The van der Waals surface area contributed by atoms with E-state index in [0.717, 1.165) is 0 Å². The summed E-state index contributed by atoms with van der Waals surface area (Å²) < 4.78 is 4.71. The first-order valence-corrected chi connectivity index (χ1v) is 11.5. The van der Waals surface area contributed by atoms with Crippen LogP contribution in [0.5, 0.6) is 0 Å². The van der Waals surface area contributed by atoms with Crippen molar-refractivity contribution in [1.82, 2.24) is 4.48 Å². The molecule has 2 aliphatic heterocycles. The molecule has 0 fully saturated rings. The fourth-order valence-corrected chi connectivity index (χ4v) is 5.79. The summed E-state index contributed by atoms with van der Waals surface area (Å²) in [6, 6.07) is 33.1. The van der Waals surface area contributed by atoms with E-state index in [2.05, 4.69) is 131 Å². The van der Waals surface area contributed by atoms with Crippen LogP contribution in [0.25, 0.3) is 33.6 Å². The predicted molar refractivity (Wildman–Crippen MR) is 136 cm³/mol. The van der Waals surface area contributed by atoms with Crippen LogP contribution >= 0.6 is 0 Å². The number of fused-ring (bicyclic) bond motifs is 11.